The first-order valence-electron chi connectivity index (χ1n) is 7.62. The van der Waals surface area contributed by atoms with Gasteiger partial charge in [-0.3, -0.25) is 0 Å². The van der Waals surface area contributed by atoms with E-state index >= 15 is 0 Å². The molecule has 3 rings (SSSR count). The number of nitrogens with zero attached hydrogens (tertiary/aromatic N) is 1. The second-order valence-electron chi connectivity index (χ2n) is 5.46. The molecule has 0 saturated carbocycles. The standard InChI is InChI=1S/C18H15BrClN3O3/c1-26-13-4-2-3-12(9-13)21-14(10-5-7-11(20)8-6-10)15-16(17(24)25)23-18(19)22-15/h2-9,14,21H,1H3,(H,22,23)(H,24,25). The molecule has 1 unspecified atom stereocenters. The lowest BCUT2D eigenvalue weighted by Gasteiger charge is -2.20. The summed E-state index contributed by atoms with van der Waals surface area (Å²) in [7, 11) is 1.59. The Balaban J connectivity index is 2.07. The van der Waals surface area contributed by atoms with E-state index < -0.39 is 12.0 Å². The third-order valence-electron chi connectivity index (χ3n) is 3.78. The Labute approximate surface area is 163 Å². The molecule has 0 aliphatic heterocycles. The molecule has 134 valence electrons. The number of ether oxygens (including phenoxy) is 1. The monoisotopic (exact) mass is 435 g/mol. The van der Waals surface area contributed by atoms with Gasteiger partial charge in [0.05, 0.1) is 18.8 Å². The predicted octanol–water partition coefficient (Wildman–Crippen LogP) is 4.73. The number of anilines is 1. The Morgan fingerprint density at radius 2 is 2.04 bits per heavy atom. The highest BCUT2D eigenvalue weighted by Crippen LogP contribution is 2.31. The molecule has 1 atom stereocenters. The van der Waals surface area contributed by atoms with Crippen molar-refractivity contribution in [1.82, 2.24) is 9.97 Å². The van der Waals surface area contributed by atoms with Crippen LogP contribution in [0.25, 0.3) is 0 Å². The summed E-state index contributed by atoms with van der Waals surface area (Å²) >= 11 is 9.20. The van der Waals surface area contributed by atoms with Crippen molar-refractivity contribution in [3.8, 4) is 5.75 Å². The molecular weight excluding hydrogens is 422 g/mol. The average molecular weight is 437 g/mol. The van der Waals surface area contributed by atoms with E-state index in [4.69, 9.17) is 16.3 Å². The fourth-order valence-electron chi connectivity index (χ4n) is 2.59. The van der Waals surface area contributed by atoms with Gasteiger partial charge in [0, 0.05) is 16.8 Å². The van der Waals surface area contributed by atoms with E-state index in [1.807, 2.05) is 36.4 Å². The number of carboxylic acids is 1. The first kappa shape index (κ1) is 18.3. The molecule has 0 aliphatic carbocycles. The van der Waals surface area contributed by atoms with Crippen molar-refractivity contribution in [2.75, 3.05) is 12.4 Å². The normalized spacial score (nSPS) is 11.8. The Bertz CT molecular complexity index is 928. The maximum Gasteiger partial charge on any atom is 0.356 e. The summed E-state index contributed by atoms with van der Waals surface area (Å²) in [4.78, 5) is 18.6. The number of aromatic carboxylic acids is 1. The minimum absolute atomic E-state index is 0.0628. The average Bonchev–Trinajstić information content (AvgIpc) is 3.02. The first-order valence-corrected chi connectivity index (χ1v) is 8.80. The molecule has 3 N–H and O–H groups in total. The second-order valence-corrected chi connectivity index (χ2v) is 6.64. The number of rotatable bonds is 6. The summed E-state index contributed by atoms with van der Waals surface area (Å²) in [5.41, 5.74) is 1.96. The molecule has 0 bridgehead atoms. The molecule has 0 radical (unpaired) electrons. The van der Waals surface area contributed by atoms with Crippen LogP contribution < -0.4 is 10.1 Å². The smallest absolute Gasteiger partial charge is 0.356 e. The number of methoxy groups -OCH3 is 1. The molecule has 0 spiro atoms. The van der Waals surface area contributed by atoms with Crippen LogP contribution in [0.4, 0.5) is 5.69 Å². The van der Waals surface area contributed by atoms with Gasteiger partial charge in [-0.2, -0.15) is 0 Å². The van der Waals surface area contributed by atoms with E-state index in [1.165, 1.54) is 0 Å². The van der Waals surface area contributed by atoms with Crippen LogP contribution in [0.5, 0.6) is 5.75 Å². The van der Waals surface area contributed by atoms with Crippen LogP contribution in [0.2, 0.25) is 5.02 Å². The fourth-order valence-corrected chi connectivity index (χ4v) is 3.10. The maximum absolute atomic E-state index is 11.6. The number of carbonyl (C=O) groups is 1. The minimum atomic E-state index is -1.12. The van der Waals surface area contributed by atoms with Crippen molar-refractivity contribution in [2.24, 2.45) is 0 Å². The van der Waals surface area contributed by atoms with Gasteiger partial charge < -0.3 is 20.1 Å². The van der Waals surface area contributed by atoms with Crippen LogP contribution in [0, 0.1) is 0 Å². The highest BCUT2D eigenvalue weighted by molar-refractivity contribution is 9.10. The Morgan fingerprint density at radius 3 is 2.69 bits per heavy atom. The molecule has 1 aromatic heterocycles. The van der Waals surface area contributed by atoms with Crippen molar-refractivity contribution >= 4 is 39.2 Å². The third-order valence-corrected chi connectivity index (χ3v) is 4.41. The minimum Gasteiger partial charge on any atom is -0.497 e. The Morgan fingerprint density at radius 1 is 1.31 bits per heavy atom. The molecule has 2 aromatic carbocycles. The second kappa shape index (κ2) is 7.80. The topological polar surface area (TPSA) is 87.2 Å². The maximum atomic E-state index is 11.6. The molecule has 3 aromatic rings. The summed E-state index contributed by atoms with van der Waals surface area (Å²) in [6.07, 6.45) is 0. The summed E-state index contributed by atoms with van der Waals surface area (Å²) in [5.74, 6) is -0.428. The number of hydrogen-bond donors (Lipinski definition) is 3. The Hall–Kier alpha value is -2.51. The van der Waals surface area contributed by atoms with Gasteiger partial charge in [-0.25, -0.2) is 9.78 Å². The molecule has 1 heterocycles. The fraction of sp³-hybridized carbons (Fsp3) is 0.111. The summed E-state index contributed by atoms with van der Waals surface area (Å²) in [5, 5.41) is 13.4. The van der Waals surface area contributed by atoms with E-state index in [2.05, 4.69) is 31.2 Å². The molecular formula is C18H15BrClN3O3. The molecule has 6 nitrogen and oxygen atoms in total. The van der Waals surface area contributed by atoms with E-state index in [-0.39, 0.29) is 5.69 Å². The number of carboxylic acid groups (broad SMARTS) is 1. The predicted molar refractivity (Wildman–Crippen MR) is 103 cm³/mol. The SMILES string of the molecule is COc1cccc(NC(c2ccc(Cl)cc2)c2[nH]c(Br)nc2C(=O)O)c1. The van der Waals surface area contributed by atoms with Gasteiger partial charge in [-0.15, -0.1) is 0 Å². The number of halogens is 2. The van der Waals surface area contributed by atoms with E-state index in [9.17, 15) is 9.90 Å². The lowest BCUT2D eigenvalue weighted by Crippen LogP contribution is -2.16. The lowest BCUT2D eigenvalue weighted by atomic mass is 10.0. The molecule has 26 heavy (non-hydrogen) atoms. The molecule has 0 saturated heterocycles. The van der Waals surface area contributed by atoms with Crippen LogP contribution >= 0.6 is 27.5 Å². The first-order chi connectivity index (χ1) is 12.5. The number of imidazole rings is 1. The number of hydrogen-bond acceptors (Lipinski definition) is 4. The van der Waals surface area contributed by atoms with Gasteiger partial charge in [0.15, 0.2) is 10.4 Å². The third kappa shape index (κ3) is 4.00. The van der Waals surface area contributed by atoms with Crippen LogP contribution in [0.15, 0.2) is 53.3 Å². The van der Waals surface area contributed by atoms with Crippen molar-refractivity contribution in [2.45, 2.75) is 6.04 Å². The summed E-state index contributed by atoms with van der Waals surface area (Å²) in [6, 6.07) is 14.1. The largest absolute Gasteiger partial charge is 0.497 e. The highest BCUT2D eigenvalue weighted by Gasteiger charge is 2.25. The number of H-pyrrole nitrogens is 1. The zero-order valence-electron chi connectivity index (χ0n) is 13.7. The lowest BCUT2D eigenvalue weighted by molar-refractivity contribution is 0.0689. The van der Waals surface area contributed by atoms with Gasteiger partial charge in [-0.05, 0) is 45.8 Å². The van der Waals surface area contributed by atoms with Crippen LogP contribution in [0.3, 0.4) is 0 Å². The quantitative estimate of drug-likeness (QED) is 0.520. The van der Waals surface area contributed by atoms with Crippen LogP contribution in [-0.4, -0.2) is 28.2 Å². The summed E-state index contributed by atoms with van der Waals surface area (Å²) in [6.45, 7) is 0. The molecule has 0 amide bonds. The van der Waals surface area contributed by atoms with Crippen molar-refractivity contribution in [1.29, 1.82) is 0 Å². The van der Waals surface area contributed by atoms with E-state index in [1.54, 1.807) is 19.2 Å². The van der Waals surface area contributed by atoms with Gasteiger partial charge in [0.2, 0.25) is 0 Å². The molecule has 8 heteroatoms. The molecule has 0 aliphatic rings. The highest BCUT2D eigenvalue weighted by atomic mass is 79.9. The van der Waals surface area contributed by atoms with Gasteiger partial charge in [-0.1, -0.05) is 29.8 Å². The number of benzene rings is 2. The van der Waals surface area contributed by atoms with Gasteiger partial charge in [0.25, 0.3) is 0 Å². The summed E-state index contributed by atoms with van der Waals surface area (Å²) < 4.78 is 5.59. The van der Waals surface area contributed by atoms with Crippen LogP contribution in [-0.2, 0) is 0 Å². The van der Waals surface area contributed by atoms with Crippen molar-refractivity contribution < 1.29 is 14.6 Å². The van der Waals surface area contributed by atoms with Crippen molar-refractivity contribution in [3.63, 3.8) is 0 Å². The van der Waals surface area contributed by atoms with Gasteiger partial charge >= 0.3 is 5.97 Å². The van der Waals surface area contributed by atoms with Gasteiger partial charge in [0.1, 0.15) is 5.75 Å². The van der Waals surface area contributed by atoms with Crippen molar-refractivity contribution in [3.05, 3.63) is 75.2 Å². The Kier molecular flexibility index (Phi) is 5.49. The number of aromatic nitrogens is 2. The van der Waals surface area contributed by atoms with Crippen LogP contribution in [0.1, 0.15) is 27.8 Å². The van der Waals surface area contributed by atoms with E-state index in [0.29, 0.717) is 21.2 Å². The molecule has 0 fully saturated rings. The van der Waals surface area contributed by atoms with E-state index in [0.717, 1.165) is 11.3 Å². The number of aromatic amines is 1. The zero-order valence-corrected chi connectivity index (χ0v) is 16.0. The zero-order chi connectivity index (χ0) is 18.7. The number of nitrogens with one attached hydrogen (secondary N) is 2.